The average molecular weight is 344 g/mol. The monoisotopic (exact) mass is 344 g/mol. The van der Waals surface area contributed by atoms with Crippen molar-refractivity contribution in [2.45, 2.75) is 44.7 Å². The summed E-state index contributed by atoms with van der Waals surface area (Å²) in [5.41, 5.74) is 1.04. The SMILES string of the molecule is C[C@H](c1ccccc1)N1C[C@H](C(=O)N[C@@H]2CCC[C@H]2C(=O)O)CC1=O. The van der Waals surface area contributed by atoms with Crippen LogP contribution in [0.25, 0.3) is 0 Å². The van der Waals surface area contributed by atoms with E-state index in [9.17, 15) is 19.5 Å². The molecule has 1 heterocycles. The summed E-state index contributed by atoms with van der Waals surface area (Å²) in [5, 5.41) is 12.1. The van der Waals surface area contributed by atoms with Crippen LogP contribution >= 0.6 is 0 Å². The number of benzene rings is 1. The number of likely N-dealkylation sites (tertiary alicyclic amines) is 1. The van der Waals surface area contributed by atoms with Crippen LogP contribution in [-0.2, 0) is 14.4 Å². The van der Waals surface area contributed by atoms with Crippen LogP contribution in [0.2, 0.25) is 0 Å². The molecule has 0 aromatic heterocycles. The molecule has 0 radical (unpaired) electrons. The Labute approximate surface area is 147 Å². The first-order valence-electron chi connectivity index (χ1n) is 8.85. The summed E-state index contributed by atoms with van der Waals surface area (Å²) in [6, 6.07) is 9.35. The lowest BCUT2D eigenvalue weighted by atomic mass is 10.0. The zero-order chi connectivity index (χ0) is 18.0. The number of hydrogen-bond acceptors (Lipinski definition) is 3. The molecule has 0 unspecified atom stereocenters. The minimum atomic E-state index is -0.857. The lowest BCUT2D eigenvalue weighted by molar-refractivity contribution is -0.142. The number of nitrogens with zero attached hydrogens (tertiary/aromatic N) is 1. The van der Waals surface area contributed by atoms with Crippen molar-refractivity contribution < 1.29 is 19.5 Å². The van der Waals surface area contributed by atoms with E-state index < -0.39 is 17.8 Å². The number of carboxylic acids is 1. The third-order valence-electron chi connectivity index (χ3n) is 5.44. The van der Waals surface area contributed by atoms with Gasteiger partial charge in [-0.2, -0.15) is 0 Å². The third-order valence-corrected chi connectivity index (χ3v) is 5.44. The Hall–Kier alpha value is -2.37. The molecule has 4 atom stereocenters. The molecule has 2 aliphatic rings. The molecular weight excluding hydrogens is 320 g/mol. The first kappa shape index (κ1) is 17.5. The van der Waals surface area contributed by atoms with Crippen LogP contribution in [-0.4, -0.2) is 40.4 Å². The number of nitrogens with one attached hydrogen (secondary N) is 1. The van der Waals surface area contributed by atoms with Crippen molar-refractivity contribution in [2.24, 2.45) is 11.8 Å². The van der Waals surface area contributed by atoms with Crippen molar-refractivity contribution in [3.8, 4) is 0 Å². The molecule has 0 spiro atoms. The number of carbonyl (C=O) groups is 3. The van der Waals surface area contributed by atoms with Gasteiger partial charge in [-0.1, -0.05) is 36.8 Å². The Kier molecular flexibility index (Phi) is 5.06. The van der Waals surface area contributed by atoms with Crippen molar-refractivity contribution in [2.75, 3.05) is 6.54 Å². The van der Waals surface area contributed by atoms with Crippen molar-refractivity contribution in [3.63, 3.8) is 0 Å². The summed E-state index contributed by atoms with van der Waals surface area (Å²) in [6.45, 7) is 2.34. The Balaban J connectivity index is 1.62. The van der Waals surface area contributed by atoms with Crippen LogP contribution in [0.15, 0.2) is 30.3 Å². The third kappa shape index (κ3) is 3.67. The lowest BCUT2D eigenvalue weighted by Crippen LogP contribution is -2.43. The van der Waals surface area contributed by atoms with E-state index in [1.807, 2.05) is 37.3 Å². The van der Waals surface area contributed by atoms with Gasteiger partial charge in [0.05, 0.1) is 17.9 Å². The quantitative estimate of drug-likeness (QED) is 0.855. The molecule has 2 N–H and O–H groups in total. The molecule has 2 amide bonds. The molecule has 25 heavy (non-hydrogen) atoms. The number of amides is 2. The minimum absolute atomic E-state index is 0.0299. The van der Waals surface area contributed by atoms with Gasteiger partial charge < -0.3 is 15.3 Å². The molecule has 1 aromatic carbocycles. The molecular formula is C19H24N2O4. The first-order valence-corrected chi connectivity index (χ1v) is 8.85. The summed E-state index contributed by atoms with van der Waals surface area (Å²) in [7, 11) is 0. The highest BCUT2D eigenvalue weighted by atomic mass is 16.4. The van der Waals surface area contributed by atoms with E-state index in [0.29, 0.717) is 19.4 Å². The second-order valence-electron chi connectivity index (χ2n) is 7.02. The average Bonchev–Trinajstić information content (AvgIpc) is 3.21. The summed E-state index contributed by atoms with van der Waals surface area (Å²) < 4.78 is 0. The van der Waals surface area contributed by atoms with E-state index in [1.165, 1.54) is 0 Å². The van der Waals surface area contributed by atoms with E-state index in [4.69, 9.17) is 0 Å². The van der Waals surface area contributed by atoms with Crippen LogP contribution in [0.3, 0.4) is 0 Å². The number of aliphatic carboxylic acids is 1. The van der Waals surface area contributed by atoms with Crippen molar-refractivity contribution in [1.29, 1.82) is 0 Å². The molecule has 6 nitrogen and oxygen atoms in total. The topological polar surface area (TPSA) is 86.7 Å². The second-order valence-corrected chi connectivity index (χ2v) is 7.02. The highest BCUT2D eigenvalue weighted by molar-refractivity contribution is 5.90. The van der Waals surface area contributed by atoms with Crippen molar-refractivity contribution >= 4 is 17.8 Å². The van der Waals surface area contributed by atoms with Gasteiger partial charge in [-0.3, -0.25) is 14.4 Å². The van der Waals surface area contributed by atoms with E-state index in [0.717, 1.165) is 12.0 Å². The molecule has 0 bridgehead atoms. The molecule has 1 aromatic rings. The Morgan fingerprint density at radius 3 is 2.64 bits per heavy atom. The van der Waals surface area contributed by atoms with E-state index in [1.54, 1.807) is 4.90 Å². The van der Waals surface area contributed by atoms with Gasteiger partial charge in [0.25, 0.3) is 0 Å². The molecule has 1 aliphatic heterocycles. The molecule has 134 valence electrons. The molecule has 2 fully saturated rings. The highest BCUT2D eigenvalue weighted by Crippen LogP contribution is 2.30. The molecule has 6 heteroatoms. The smallest absolute Gasteiger partial charge is 0.308 e. The normalized spacial score (nSPS) is 27.3. The Morgan fingerprint density at radius 2 is 1.96 bits per heavy atom. The van der Waals surface area contributed by atoms with Crippen LogP contribution in [0.4, 0.5) is 0 Å². The predicted octanol–water partition coefficient (Wildman–Crippen LogP) is 1.97. The highest BCUT2D eigenvalue weighted by Gasteiger charge is 2.40. The van der Waals surface area contributed by atoms with Gasteiger partial charge in [0.1, 0.15) is 0 Å². The van der Waals surface area contributed by atoms with Crippen LogP contribution in [0.1, 0.15) is 44.2 Å². The molecule has 1 aliphatic carbocycles. The Morgan fingerprint density at radius 1 is 1.24 bits per heavy atom. The first-order chi connectivity index (χ1) is 12.0. The van der Waals surface area contributed by atoms with Crippen LogP contribution in [0.5, 0.6) is 0 Å². The molecule has 1 saturated carbocycles. The maximum absolute atomic E-state index is 12.5. The number of rotatable bonds is 5. The van der Waals surface area contributed by atoms with Gasteiger partial charge in [0.2, 0.25) is 11.8 Å². The maximum atomic E-state index is 12.5. The van der Waals surface area contributed by atoms with E-state index >= 15 is 0 Å². The van der Waals surface area contributed by atoms with Gasteiger partial charge in [0, 0.05) is 19.0 Å². The maximum Gasteiger partial charge on any atom is 0.308 e. The summed E-state index contributed by atoms with van der Waals surface area (Å²) in [5.74, 6) is -2.01. The fourth-order valence-corrected chi connectivity index (χ4v) is 3.92. The van der Waals surface area contributed by atoms with Gasteiger partial charge in [-0.05, 0) is 25.3 Å². The van der Waals surface area contributed by atoms with Crippen LogP contribution in [0, 0.1) is 11.8 Å². The largest absolute Gasteiger partial charge is 0.481 e. The fraction of sp³-hybridized carbons (Fsp3) is 0.526. The molecule has 3 rings (SSSR count). The van der Waals surface area contributed by atoms with Gasteiger partial charge >= 0.3 is 5.97 Å². The zero-order valence-corrected chi connectivity index (χ0v) is 14.4. The summed E-state index contributed by atoms with van der Waals surface area (Å²) in [4.78, 5) is 37.9. The molecule has 1 saturated heterocycles. The van der Waals surface area contributed by atoms with Crippen molar-refractivity contribution in [1.82, 2.24) is 10.2 Å². The number of carboxylic acid groups (broad SMARTS) is 1. The fourth-order valence-electron chi connectivity index (χ4n) is 3.92. The standard InChI is InChI=1S/C19H24N2O4/c1-12(13-6-3-2-4-7-13)21-11-14(10-17(21)22)18(23)20-16-9-5-8-15(16)19(24)25/h2-4,6-7,12,14-16H,5,8-11H2,1H3,(H,20,23)(H,24,25)/t12-,14-,15-,16-/m1/s1. The van der Waals surface area contributed by atoms with Crippen LogP contribution < -0.4 is 5.32 Å². The van der Waals surface area contributed by atoms with Gasteiger partial charge in [-0.15, -0.1) is 0 Å². The zero-order valence-electron chi connectivity index (χ0n) is 14.4. The van der Waals surface area contributed by atoms with E-state index in [2.05, 4.69) is 5.32 Å². The Bertz CT molecular complexity index is 661. The summed E-state index contributed by atoms with van der Waals surface area (Å²) >= 11 is 0. The summed E-state index contributed by atoms with van der Waals surface area (Å²) in [6.07, 6.45) is 2.28. The predicted molar refractivity (Wildman–Crippen MR) is 91.6 cm³/mol. The number of hydrogen-bond donors (Lipinski definition) is 2. The minimum Gasteiger partial charge on any atom is -0.481 e. The van der Waals surface area contributed by atoms with Gasteiger partial charge in [-0.25, -0.2) is 0 Å². The van der Waals surface area contributed by atoms with Gasteiger partial charge in [0.15, 0.2) is 0 Å². The van der Waals surface area contributed by atoms with E-state index in [-0.39, 0.29) is 30.3 Å². The number of carbonyl (C=O) groups excluding carboxylic acids is 2. The second kappa shape index (κ2) is 7.25. The lowest BCUT2D eigenvalue weighted by Gasteiger charge is -2.25. The van der Waals surface area contributed by atoms with Crippen molar-refractivity contribution in [3.05, 3.63) is 35.9 Å².